The van der Waals surface area contributed by atoms with Gasteiger partial charge in [-0.05, 0) is 55.7 Å². The Hall–Kier alpha value is -4.85. The number of carbonyl (C=O) groups excluding carboxylic acids is 8. The van der Waals surface area contributed by atoms with Gasteiger partial charge in [0.05, 0.1) is 58.6 Å². The molecule has 15 N–H and O–H groups in total. The Morgan fingerprint density at radius 3 is 1.96 bits per heavy atom. The van der Waals surface area contributed by atoms with Crippen molar-refractivity contribution < 1.29 is 112 Å². The van der Waals surface area contributed by atoms with Crippen LogP contribution in [0.5, 0.6) is 5.75 Å². The standard InChI is InChI=1S/C55H91N9O17.HI/c1-8-30(2)25-31(3)15-13-11-9-10-12-14-16-42(72)57-36-27-40(70)53(81-24-23-64(5,6)7)61-52(78)46-38(68)21-22-62(46)55(80)44(39(69)28-41(56)71)59-51(77)45(48(74)47(73)33-17-19-34(66)20-18-33)60-50(76)37-26-35(67)29-63(37)54(79)43(32(4)65)58-49(36)75;/h17-20,30-32,35-40,43-48,53,65,67-70,73-74H,8-16,21-29H2,1-7H3,(H7-,56,57,58,59,60,61,66,71,72,75,76,77,78);1H/t30?,31?,32-,35+,36-,37?,38-,39-,40+,43?,44?,45?,46?,47-,48-,53+;/m0./s1. The molecule has 4 rings (SSSR count). The fourth-order valence-electron chi connectivity index (χ4n) is 10.4. The summed E-state index contributed by atoms with van der Waals surface area (Å²) in [6.07, 6.45) is -8.99. The van der Waals surface area contributed by atoms with E-state index in [1.54, 1.807) is 0 Å². The number of aliphatic hydroxyl groups excluding tert-OH is 7. The van der Waals surface area contributed by atoms with Crippen LogP contribution in [0.15, 0.2) is 24.3 Å². The number of nitrogens with one attached hydrogen (secondary N) is 5. The molecule has 1 aromatic rings. The molecule has 0 saturated carbocycles. The summed E-state index contributed by atoms with van der Waals surface area (Å²) >= 11 is 0. The molecule has 3 aliphatic rings. The molecule has 466 valence electrons. The number of aromatic hydroxyl groups is 1. The van der Waals surface area contributed by atoms with Gasteiger partial charge in [0.1, 0.15) is 66.9 Å². The lowest BCUT2D eigenvalue weighted by molar-refractivity contribution is -0.870. The highest BCUT2D eigenvalue weighted by Crippen LogP contribution is 2.27. The monoisotopic (exact) mass is 1280 g/mol. The first-order valence-corrected chi connectivity index (χ1v) is 28.4. The molecular formula is C55H92IN9O17. The van der Waals surface area contributed by atoms with Crippen LogP contribution in [0.2, 0.25) is 0 Å². The fraction of sp³-hybridized carbons (Fsp3) is 0.745. The maximum Gasteiger partial charge on any atom is 0.248 e. The molecule has 0 bridgehead atoms. The molecule has 0 radical (unpaired) electrons. The normalized spacial score (nSPS) is 27.6. The summed E-state index contributed by atoms with van der Waals surface area (Å²) in [5.74, 6) is -8.16. The van der Waals surface area contributed by atoms with E-state index >= 15 is 0 Å². The van der Waals surface area contributed by atoms with Gasteiger partial charge < -0.3 is 116 Å². The number of rotatable bonds is 24. The van der Waals surface area contributed by atoms with Crippen LogP contribution in [-0.2, 0) is 43.1 Å². The zero-order chi connectivity index (χ0) is 60.5. The number of phenolic OH excluding ortho intramolecular Hbond substituents is 1. The van der Waals surface area contributed by atoms with E-state index in [1.165, 1.54) is 18.6 Å². The lowest BCUT2D eigenvalue weighted by atomic mass is 9.91. The number of benzene rings is 1. The van der Waals surface area contributed by atoms with Crippen LogP contribution in [0.4, 0.5) is 0 Å². The second kappa shape index (κ2) is 33.6. The van der Waals surface area contributed by atoms with Crippen molar-refractivity contribution >= 4 is 47.3 Å². The number of nitrogens with zero attached hydrogens (tertiary/aromatic N) is 3. The zero-order valence-electron chi connectivity index (χ0n) is 48.3. The molecule has 0 aromatic heterocycles. The second-order valence-electron chi connectivity index (χ2n) is 23.4. The number of ether oxygens (including phenoxy) is 1. The summed E-state index contributed by atoms with van der Waals surface area (Å²) in [4.78, 5) is 115. The Bertz CT molecular complexity index is 2260. The van der Waals surface area contributed by atoms with Crippen LogP contribution >= 0.6 is 0 Å². The van der Waals surface area contributed by atoms with Crippen LogP contribution < -0.4 is 56.3 Å². The number of halogens is 1. The Labute approximate surface area is 497 Å². The van der Waals surface area contributed by atoms with Gasteiger partial charge in [0.2, 0.25) is 47.3 Å². The molecule has 27 heteroatoms. The summed E-state index contributed by atoms with van der Waals surface area (Å²) in [7, 11) is 5.50. The van der Waals surface area contributed by atoms with Crippen molar-refractivity contribution in [3.63, 3.8) is 0 Å². The van der Waals surface area contributed by atoms with Crippen molar-refractivity contribution in [3.8, 4) is 5.75 Å². The number of quaternary nitrogens is 1. The predicted octanol–water partition coefficient (Wildman–Crippen LogP) is -5.61. The van der Waals surface area contributed by atoms with Crippen molar-refractivity contribution in [2.75, 3.05) is 47.4 Å². The number of hydrogen-bond acceptors (Lipinski definition) is 17. The van der Waals surface area contributed by atoms with Crippen LogP contribution in [0, 0.1) is 11.8 Å². The van der Waals surface area contributed by atoms with E-state index in [1.807, 2.05) is 21.1 Å². The lowest BCUT2D eigenvalue weighted by Gasteiger charge is -2.35. The third-order valence-electron chi connectivity index (χ3n) is 15.3. The van der Waals surface area contributed by atoms with E-state index in [0.717, 1.165) is 67.4 Å². The van der Waals surface area contributed by atoms with E-state index in [9.17, 15) is 79.2 Å². The molecular weight excluding hydrogens is 1190 g/mol. The Morgan fingerprint density at radius 2 is 1.35 bits per heavy atom. The van der Waals surface area contributed by atoms with Crippen LogP contribution in [0.3, 0.4) is 0 Å². The van der Waals surface area contributed by atoms with E-state index in [0.29, 0.717) is 29.2 Å². The van der Waals surface area contributed by atoms with E-state index in [4.69, 9.17) is 10.5 Å². The quantitative estimate of drug-likeness (QED) is 0.0261. The van der Waals surface area contributed by atoms with Crippen LogP contribution in [0.1, 0.15) is 129 Å². The van der Waals surface area contributed by atoms with Gasteiger partial charge in [-0.15, -0.1) is 0 Å². The molecule has 1 aromatic carbocycles. The van der Waals surface area contributed by atoms with Gasteiger partial charge >= 0.3 is 0 Å². The van der Waals surface area contributed by atoms with Crippen molar-refractivity contribution in [1.82, 2.24) is 36.4 Å². The number of carbonyl (C=O) groups is 8. The minimum atomic E-state index is -2.35. The van der Waals surface area contributed by atoms with E-state index in [2.05, 4.69) is 47.4 Å². The number of fused-ring (bicyclic) bond motifs is 2. The highest BCUT2D eigenvalue weighted by molar-refractivity contribution is 5.98. The maximum absolute atomic E-state index is 14.7. The highest BCUT2D eigenvalue weighted by atomic mass is 127. The van der Waals surface area contributed by atoms with E-state index < -0.39 is 165 Å². The maximum atomic E-state index is 14.7. The number of nitrogens with two attached hydrogens (primary N) is 1. The lowest BCUT2D eigenvalue weighted by Crippen LogP contribution is -3.00. The van der Waals surface area contributed by atoms with Gasteiger partial charge in [0, 0.05) is 32.4 Å². The summed E-state index contributed by atoms with van der Waals surface area (Å²) in [5.41, 5.74) is 5.30. The topological polar surface area (TPSA) is 400 Å². The number of primary amides is 1. The molecule has 3 heterocycles. The zero-order valence-corrected chi connectivity index (χ0v) is 50.5. The average Bonchev–Trinajstić information content (AvgIpc) is 4.23. The molecule has 3 fully saturated rings. The molecule has 7 unspecified atom stereocenters. The van der Waals surface area contributed by atoms with Crippen molar-refractivity contribution in [2.45, 2.75) is 203 Å². The first-order valence-electron chi connectivity index (χ1n) is 28.4. The van der Waals surface area contributed by atoms with Crippen LogP contribution in [-0.4, -0.2) is 229 Å². The van der Waals surface area contributed by atoms with Gasteiger partial charge in [-0.1, -0.05) is 77.8 Å². The first-order chi connectivity index (χ1) is 38.0. The molecule has 16 atom stereocenters. The molecule has 3 saturated heterocycles. The third kappa shape index (κ3) is 21.6. The predicted molar refractivity (Wildman–Crippen MR) is 292 cm³/mol. The van der Waals surface area contributed by atoms with E-state index in [-0.39, 0.29) is 61.3 Å². The molecule has 0 spiro atoms. The van der Waals surface area contributed by atoms with Gasteiger partial charge in [-0.3, -0.25) is 38.4 Å². The molecule has 0 aliphatic carbocycles. The average molecular weight is 1280 g/mol. The Morgan fingerprint density at radius 1 is 0.756 bits per heavy atom. The highest BCUT2D eigenvalue weighted by Gasteiger charge is 2.49. The van der Waals surface area contributed by atoms with Gasteiger partial charge in [0.25, 0.3) is 0 Å². The van der Waals surface area contributed by atoms with Crippen molar-refractivity contribution in [1.29, 1.82) is 0 Å². The number of amides is 8. The number of likely N-dealkylation sites (N-methyl/N-ethyl adjacent to an activating group) is 1. The molecule has 82 heavy (non-hydrogen) atoms. The smallest absolute Gasteiger partial charge is 0.248 e. The van der Waals surface area contributed by atoms with Crippen LogP contribution in [0.25, 0.3) is 0 Å². The van der Waals surface area contributed by atoms with Crippen molar-refractivity contribution in [3.05, 3.63) is 29.8 Å². The number of phenols is 1. The Kier molecular flexibility index (Phi) is 29.3. The molecule has 8 amide bonds. The second-order valence-corrected chi connectivity index (χ2v) is 23.4. The number of hydrogen-bond donors (Lipinski definition) is 14. The minimum Gasteiger partial charge on any atom is -1.00 e. The molecule has 3 aliphatic heterocycles. The third-order valence-corrected chi connectivity index (χ3v) is 15.3. The van der Waals surface area contributed by atoms with Gasteiger partial charge in [-0.2, -0.15) is 0 Å². The van der Waals surface area contributed by atoms with Gasteiger partial charge in [0.15, 0.2) is 6.23 Å². The summed E-state index contributed by atoms with van der Waals surface area (Å²) in [6, 6.07) is -7.13. The van der Waals surface area contributed by atoms with Crippen molar-refractivity contribution in [2.24, 2.45) is 17.6 Å². The first kappa shape index (κ1) is 71.4. The molecule has 26 nitrogen and oxygen atoms in total. The summed E-state index contributed by atoms with van der Waals surface area (Å²) in [5, 5.41) is 102. The fourth-order valence-corrected chi connectivity index (χ4v) is 10.4. The Balaban J connectivity index is 0.0000176. The summed E-state index contributed by atoms with van der Waals surface area (Å²) < 4.78 is 6.37. The largest absolute Gasteiger partial charge is 1.00 e. The minimum absolute atomic E-state index is 0. The summed E-state index contributed by atoms with van der Waals surface area (Å²) in [6.45, 7) is 7.03. The number of aliphatic hydroxyl groups is 7. The SMILES string of the molecule is CCC(C)CC(C)CCCCCCCCC(=O)N[C@H]1C[C@@H](O)[C@@H](OCC[N+](C)(C)C)NC(=O)C2[C@@H](O)CCN2C(=O)C([C@@H](O)CC(N)=O)NC(=O)C([C@H](O)[C@@H](O)c2ccc(O)cc2)NC(=O)C2C[C@@H](O)CN2C(=O)C([C@H](C)O)NC1=O.[I-]. The number of unbranched alkanes of at least 4 members (excludes halogenated alkanes) is 5. The van der Waals surface area contributed by atoms with Gasteiger partial charge in [-0.25, -0.2) is 0 Å².